The standard InChI is InChI=1S/C16H22N2O3/c1-10(2)16(20)15-14(18-11(3)19)8-13(9-17-15)12-4-6-21-7-5-12/h8-10,12H,4-7H2,1-3H3,(H,18,19). The summed E-state index contributed by atoms with van der Waals surface area (Å²) in [5.41, 5.74) is 1.92. The lowest BCUT2D eigenvalue weighted by Gasteiger charge is -2.23. The molecule has 1 aromatic heterocycles. The Kier molecular flexibility index (Phi) is 5.07. The van der Waals surface area contributed by atoms with Gasteiger partial charge in [-0.2, -0.15) is 0 Å². The van der Waals surface area contributed by atoms with Gasteiger partial charge in [0.05, 0.1) is 5.69 Å². The van der Waals surface area contributed by atoms with Crippen LogP contribution >= 0.6 is 0 Å². The number of rotatable bonds is 4. The third kappa shape index (κ3) is 3.88. The second kappa shape index (κ2) is 6.80. The van der Waals surface area contributed by atoms with Gasteiger partial charge in [-0.1, -0.05) is 13.8 Å². The summed E-state index contributed by atoms with van der Waals surface area (Å²) < 4.78 is 5.37. The smallest absolute Gasteiger partial charge is 0.221 e. The van der Waals surface area contributed by atoms with Gasteiger partial charge in [-0.05, 0) is 30.4 Å². The number of pyridine rings is 1. The van der Waals surface area contributed by atoms with E-state index in [1.807, 2.05) is 19.9 Å². The van der Waals surface area contributed by atoms with Crippen molar-refractivity contribution >= 4 is 17.4 Å². The lowest BCUT2D eigenvalue weighted by Crippen LogP contribution is -2.18. The lowest BCUT2D eigenvalue weighted by molar-refractivity contribution is -0.114. The SMILES string of the molecule is CC(=O)Nc1cc(C2CCOCC2)cnc1C(=O)C(C)C. The molecule has 5 heteroatoms. The van der Waals surface area contributed by atoms with Crippen molar-refractivity contribution in [3.63, 3.8) is 0 Å². The third-order valence-corrected chi connectivity index (χ3v) is 3.67. The maximum atomic E-state index is 12.2. The summed E-state index contributed by atoms with van der Waals surface area (Å²) in [5, 5.41) is 2.74. The molecule has 2 heterocycles. The van der Waals surface area contributed by atoms with E-state index in [2.05, 4.69) is 10.3 Å². The van der Waals surface area contributed by atoms with E-state index >= 15 is 0 Å². The molecule has 1 aromatic rings. The number of carbonyl (C=O) groups is 2. The van der Waals surface area contributed by atoms with Crippen LogP contribution in [-0.2, 0) is 9.53 Å². The van der Waals surface area contributed by atoms with Crippen molar-refractivity contribution in [2.24, 2.45) is 5.92 Å². The van der Waals surface area contributed by atoms with Crippen LogP contribution in [0.4, 0.5) is 5.69 Å². The summed E-state index contributed by atoms with van der Waals surface area (Å²) in [4.78, 5) is 27.9. The second-order valence-corrected chi connectivity index (χ2v) is 5.75. The highest BCUT2D eigenvalue weighted by molar-refractivity contribution is 6.03. The minimum absolute atomic E-state index is 0.0581. The normalized spacial score (nSPS) is 16.0. The molecule has 0 aliphatic carbocycles. The Hall–Kier alpha value is -1.75. The molecule has 0 aromatic carbocycles. The van der Waals surface area contributed by atoms with Gasteiger partial charge in [-0.15, -0.1) is 0 Å². The van der Waals surface area contributed by atoms with Gasteiger partial charge < -0.3 is 10.1 Å². The van der Waals surface area contributed by atoms with E-state index in [1.165, 1.54) is 6.92 Å². The monoisotopic (exact) mass is 290 g/mol. The average Bonchev–Trinajstić information content (AvgIpc) is 2.46. The molecule has 2 rings (SSSR count). The van der Waals surface area contributed by atoms with E-state index in [0.29, 0.717) is 17.3 Å². The van der Waals surface area contributed by atoms with Gasteiger partial charge in [0.15, 0.2) is 5.78 Å². The van der Waals surface area contributed by atoms with E-state index in [0.717, 1.165) is 31.6 Å². The summed E-state index contributed by atoms with van der Waals surface area (Å²) in [5.74, 6) is -0.0306. The fourth-order valence-electron chi connectivity index (χ4n) is 2.49. The molecule has 0 unspecified atom stereocenters. The minimum atomic E-state index is -0.196. The van der Waals surface area contributed by atoms with E-state index in [-0.39, 0.29) is 17.6 Å². The molecule has 1 fully saturated rings. The van der Waals surface area contributed by atoms with Crippen LogP contribution in [0.5, 0.6) is 0 Å². The average molecular weight is 290 g/mol. The van der Waals surface area contributed by atoms with Crippen LogP contribution < -0.4 is 5.32 Å². The summed E-state index contributed by atoms with van der Waals surface area (Å²) in [6.45, 7) is 6.58. The molecule has 0 spiro atoms. The molecule has 1 N–H and O–H groups in total. The van der Waals surface area contributed by atoms with Crippen LogP contribution in [-0.4, -0.2) is 29.9 Å². The zero-order chi connectivity index (χ0) is 15.4. The van der Waals surface area contributed by atoms with Crippen LogP contribution in [0.3, 0.4) is 0 Å². The maximum Gasteiger partial charge on any atom is 0.221 e. The number of hydrogen-bond donors (Lipinski definition) is 1. The molecular formula is C16H22N2O3. The lowest BCUT2D eigenvalue weighted by atomic mass is 9.92. The Bertz CT molecular complexity index is 534. The first kappa shape index (κ1) is 15.6. The Morgan fingerprint density at radius 2 is 2.00 bits per heavy atom. The molecule has 21 heavy (non-hydrogen) atoms. The highest BCUT2D eigenvalue weighted by atomic mass is 16.5. The Balaban J connectivity index is 2.34. The highest BCUT2D eigenvalue weighted by Gasteiger charge is 2.21. The maximum absolute atomic E-state index is 12.2. The quantitative estimate of drug-likeness (QED) is 0.866. The largest absolute Gasteiger partial charge is 0.381 e. The van der Waals surface area contributed by atoms with E-state index in [1.54, 1.807) is 6.20 Å². The topological polar surface area (TPSA) is 68.3 Å². The Morgan fingerprint density at radius 3 is 2.57 bits per heavy atom. The first-order valence-electron chi connectivity index (χ1n) is 7.38. The van der Waals surface area contributed by atoms with E-state index in [4.69, 9.17) is 4.74 Å². The van der Waals surface area contributed by atoms with Crippen molar-refractivity contribution in [3.05, 3.63) is 23.5 Å². The zero-order valence-corrected chi connectivity index (χ0v) is 12.8. The minimum Gasteiger partial charge on any atom is -0.381 e. The Labute approximate surface area is 125 Å². The van der Waals surface area contributed by atoms with Gasteiger partial charge >= 0.3 is 0 Å². The molecule has 5 nitrogen and oxygen atoms in total. The van der Waals surface area contributed by atoms with E-state index in [9.17, 15) is 9.59 Å². The van der Waals surface area contributed by atoms with Crippen molar-refractivity contribution in [2.45, 2.75) is 39.5 Å². The number of amides is 1. The predicted octanol–water partition coefficient (Wildman–Crippen LogP) is 2.77. The van der Waals surface area contributed by atoms with Crippen LogP contribution in [0.25, 0.3) is 0 Å². The van der Waals surface area contributed by atoms with Crippen molar-refractivity contribution in [2.75, 3.05) is 18.5 Å². The molecule has 1 aliphatic rings. The molecule has 1 aliphatic heterocycles. The second-order valence-electron chi connectivity index (χ2n) is 5.75. The number of aromatic nitrogens is 1. The molecule has 1 saturated heterocycles. The molecule has 114 valence electrons. The molecule has 0 saturated carbocycles. The molecule has 0 radical (unpaired) electrons. The van der Waals surface area contributed by atoms with E-state index < -0.39 is 0 Å². The summed E-state index contributed by atoms with van der Waals surface area (Å²) in [6, 6.07) is 1.89. The van der Waals surface area contributed by atoms with Crippen LogP contribution in [0.15, 0.2) is 12.3 Å². The van der Waals surface area contributed by atoms with Gasteiger partial charge in [-0.25, -0.2) is 0 Å². The summed E-state index contributed by atoms with van der Waals surface area (Å²) >= 11 is 0. The number of Topliss-reactive ketones (excluding diaryl/α,β-unsaturated/α-hetero) is 1. The zero-order valence-electron chi connectivity index (χ0n) is 12.8. The molecule has 0 atom stereocenters. The molecular weight excluding hydrogens is 268 g/mol. The number of ether oxygens (including phenoxy) is 1. The molecule has 0 bridgehead atoms. The number of anilines is 1. The fraction of sp³-hybridized carbons (Fsp3) is 0.562. The van der Waals surface area contributed by atoms with Crippen molar-refractivity contribution in [1.82, 2.24) is 4.98 Å². The summed E-state index contributed by atoms with van der Waals surface area (Å²) in [7, 11) is 0. The van der Waals surface area contributed by atoms with Crippen LogP contribution in [0.1, 0.15) is 55.6 Å². The first-order valence-corrected chi connectivity index (χ1v) is 7.38. The highest BCUT2D eigenvalue weighted by Crippen LogP contribution is 2.29. The van der Waals surface area contributed by atoms with Crippen LogP contribution in [0.2, 0.25) is 0 Å². The van der Waals surface area contributed by atoms with Gasteiger partial charge in [-0.3, -0.25) is 14.6 Å². The van der Waals surface area contributed by atoms with Crippen molar-refractivity contribution in [1.29, 1.82) is 0 Å². The fourth-order valence-corrected chi connectivity index (χ4v) is 2.49. The van der Waals surface area contributed by atoms with Gasteiger partial charge in [0.2, 0.25) is 5.91 Å². The number of nitrogens with one attached hydrogen (secondary N) is 1. The van der Waals surface area contributed by atoms with Crippen molar-refractivity contribution < 1.29 is 14.3 Å². The Morgan fingerprint density at radius 1 is 1.33 bits per heavy atom. The first-order chi connectivity index (χ1) is 9.99. The number of ketones is 1. The number of nitrogens with zero attached hydrogens (tertiary/aromatic N) is 1. The van der Waals surface area contributed by atoms with Gasteiger partial charge in [0.1, 0.15) is 5.69 Å². The number of hydrogen-bond acceptors (Lipinski definition) is 4. The van der Waals surface area contributed by atoms with Gasteiger partial charge in [0, 0.05) is 32.3 Å². The predicted molar refractivity (Wildman–Crippen MR) is 80.5 cm³/mol. The van der Waals surface area contributed by atoms with Gasteiger partial charge in [0.25, 0.3) is 0 Å². The third-order valence-electron chi connectivity index (χ3n) is 3.67. The summed E-state index contributed by atoms with van der Waals surface area (Å²) in [6.07, 6.45) is 3.65. The molecule has 1 amide bonds. The number of carbonyl (C=O) groups excluding carboxylic acids is 2. The van der Waals surface area contributed by atoms with Crippen LogP contribution in [0, 0.1) is 5.92 Å². The van der Waals surface area contributed by atoms with Crippen molar-refractivity contribution in [3.8, 4) is 0 Å².